The fourth-order valence-corrected chi connectivity index (χ4v) is 3.04. The van der Waals surface area contributed by atoms with Crippen LogP contribution in [-0.4, -0.2) is 5.79 Å². The molecule has 1 rings (SSSR count). The van der Waals surface area contributed by atoms with E-state index in [1.54, 1.807) is 12.5 Å². The third kappa shape index (κ3) is 8.38. The van der Waals surface area contributed by atoms with Crippen LogP contribution in [0.25, 0.3) is 0 Å². The number of hydrogen-bond acceptors (Lipinski definition) is 2. The molecule has 0 amide bonds. The van der Waals surface area contributed by atoms with Crippen LogP contribution in [0.15, 0.2) is 12.5 Å². The van der Waals surface area contributed by atoms with Gasteiger partial charge in [0.05, 0.1) is 0 Å². The molecule has 0 saturated heterocycles. The van der Waals surface area contributed by atoms with Crippen molar-refractivity contribution in [1.29, 1.82) is 0 Å². The molecule has 2 heteroatoms. The number of unbranched alkanes of at least 4 members (excludes halogenated alkanes) is 10. The molecule has 21 heavy (non-hydrogen) atoms. The van der Waals surface area contributed by atoms with Crippen LogP contribution in [0, 0.1) is 0 Å². The lowest BCUT2D eigenvalue weighted by Crippen LogP contribution is -2.29. The summed E-state index contributed by atoms with van der Waals surface area (Å²) in [6, 6.07) is 0. The Hall–Kier alpha value is -0.660. The molecule has 0 saturated carbocycles. The molecule has 1 aliphatic rings. The molecule has 1 heterocycles. The Morgan fingerprint density at radius 1 is 0.571 bits per heavy atom. The van der Waals surface area contributed by atoms with Gasteiger partial charge in [0, 0.05) is 12.8 Å². The van der Waals surface area contributed by atoms with E-state index in [1.165, 1.54) is 77.0 Å². The highest BCUT2D eigenvalue weighted by atomic mass is 16.7. The fraction of sp³-hybridized carbons (Fsp3) is 0.895. The monoisotopic (exact) mass is 296 g/mol. The molecule has 0 N–H and O–H groups in total. The van der Waals surface area contributed by atoms with E-state index in [0.29, 0.717) is 0 Å². The van der Waals surface area contributed by atoms with Crippen LogP contribution in [0.4, 0.5) is 0 Å². The highest BCUT2D eigenvalue weighted by Gasteiger charge is 2.34. The molecular formula is C19H36O2. The van der Waals surface area contributed by atoms with E-state index in [1.807, 2.05) is 0 Å². The SMILES string of the molecule is CCCCCCCCC1(CCCCCCCC)OC=CO1. The van der Waals surface area contributed by atoms with Crippen molar-refractivity contribution in [2.75, 3.05) is 0 Å². The lowest BCUT2D eigenvalue weighted by Gasteiger charge is -2.28. The van der Waals surface area contributed by atoms with E-state index >= 15 is 0 Å². The zero-order valence-electron chi connectivity index (χ0n) is 14.4. The summed E-state index contributed by atoms with van der Waals surface area (Å²) in [4.78, 5) is 0. The average Bonchev–Trinajstić information content (AvgIpc) is 2.96. The first-order chi connectivity index (χ1) is 10.3. The molecule has 1 aliphatic heterocycles. The first-order valence-corrected chi connectivity index (χ1v) is 9.33. The Balaban J connectivity index is 2.09. The van der Waals surface area contributed by atoms with E-state index in [9.17, 15) is 0 Å². The van der Waals surface area contributed by atoms with E-state index in [0.717, 1.165) is 12.8 Å². The van der Waals surface area contributed by atoms with Gasteiger partial charge in [-0.05, 0) is 12.8 Å². The quantitative estimate of drug-likeness (QED) is 0.332. The Labute approximate surface area is 132 Å². The van der Waals surface area contributed by atoms with Crippen molar-refractivity contribution < 1.29 is 9.47 Å². The summed E-state index contributed by atoms with van der Waals surface area (Å²) in [6.45, 7) is 4.53. The maximum Gasteiger partial charge on any atom is 0.249 e. The maximum absolute atomic E-state index is 5.79. The van der Waals surface area contributed by atoms with Crippen molar-refractivity contribution in [3.05, 3.63) is 12.5 Å². The van der Waals surface area contributed by atoms with E-state index in [2.05, 4.69) is 13.8 Å². The minimum atomic E-state index is -0.324. The Bertz CT molecular complexity index is 234. The molecule has 0 bridgehead atoms. The van der Waals surface area contributed by atoms with Gasteiger partial charge in [-0.2, -0.15) is 0 Å². The van der Waals surface area contributed by atoms with Crippen LogP contribution in [0.1, 0.15) is 104 Å². The second-order valence-corrected chi connectivity index (χ2v) is 6.45. The van der Waals surface area contributed by atoms with Crippen LogP contribution in [-0.2, 0) is 9.47 Å². The van der Waals surface area contributed by atoms with Crippen molar-refractivity contribution in [2.45, 2.75) is 110 Å². The van der Waals surface area contributed by atoms with E-state index < -0.39 is 0 Å². The first-order valence-electron chi connectivity index (χ1n) is 9.33. The van der Waals surface area contributed by atoms with Crippen molar-refractivity contribution >= 4 is 0 Å². The van der Waals surface area contributed by atoms with Gasteiger partial charge in [-0.1, -0.05) is 78.1 Å². The summed E-state index contributed by atoms with van der Waals surface area (Å²) in [7, 11) is 0. The number of hydrogen-bond donors (Lipinski definition) is 0. The van der Waals surface area contributed by atoms with Crippen molar-refractivity contribution in [1.82, 2.24) is 0 Å². The van der Waals surface area contributed by atoms with Gasteiger partial charge in [0.25, 0.3) is 0 Å². The summed E-state index contributed by atoms with van der Waals surface area (Å²) in [5.74, 6) is -0.324. The topological polar surface area (TPSA) is 18.5 Å². The summed E-state index contributed by atoms with van der Waals surface area (Å²) in [6.07, 6.45) is 21.5. The molecule has 0 atom stereocenters. The lowest BCUT2D eigenvalue weighted by molar-refractivity contribution is -0.153. The van der Waals surface area contributed by atoms with Gasteiger partial charge in [-0.3, -0.25) is 0 Å². The second kappa shape index (κ2) is 11.9. The van der Waals surface area contributed by atoms with Gasteiger partial charge >= 0.3 is 0 Å². The van der Waals surface area contributed by atoms with Gasteiger partial charge in [0.1, 0.15) is 12.5 Å². The number of rotatable bonds is 14. The summed E-state index contributed by atoms with van der Waals surface area (Å²) >= 11 is 0. The molecular weight excluding hydrogens is 260 g/mol. The van der Waals surface area contributed by atoms with Crippen LogP contribution in [0.5, 0.6) is 0 Å². The Morgan fingerprint density at radius 3 is 1.38 bits per heavy atom. The third-order valence-corrected chi connectivity index (χ3v) is 4.44. The smallest absolute Gasteiger partial charge is 0.249 e. The molecule has 0 aliphatic carbocycles. The van der Waals surface area contributed by atoms with Gasteiger partial charge < -0.3 is 9.47 Å². The Kier molecular flexibility index (Phi) is 10.5. The largest absolute Gasteiger partial charge is 0.457 e. The fourth-order valence-electron chi connectivity index (χ4n) is 3.04. The van der Waals surface area contributed by atoms with Gasteiger partial charge in [0.15, 0.2) is 0 Å². The molecule has 0 aromatic carbocycles. The molecule has 2 nitrogen and oxygen atoms in total. The van der Waals surface area contributed by atoms with Crippen LogP contribution >= 0.6 is 0 Å². The third-order valence-electron chi connectivity index (χ3n) is 4.44. The van der Waals surface area contributed by atoms with Crippen molar-refractivity contribution in [3.63, 3.8) is 0 Å². The van der Waals surface area contributed by atoms with Gasteiger partial charge in [-0.15, -0.1) is 0 Å². The van der Waals surface area contributed by atoms with Crippen molar-refractivity contribution in [2.24, 2.45) is 0 Å². The molecule has 0 unspecified atom stereocenters. The normalized spacial score (nSPS) is 15.9. The molecule has 0 spiro atoms. The van der Waals surface area contributed by atoms with Gasteiger partial charge in [0.2, 0.25) is 5.79 Å². The standard InChI is InChI=1S/C19H36O2/c1-3-5-7-9-11-13-15-19(20-17-18-21-19)16-14-12-10-8-6-4-2/h17-18H,3-16H2,1-2H3. The summed E-state index contributed by atoms with van der Waals surface area (Å²) < 4.78 is 11.6. The highest BCUT2D eigenvalue weighted by Crippen LogP contribution is 2.32. The predicted octanol–water partition coefficient (Wildman–Crippen LogP) is 6.70. The van der Waals surface area contributed by atoms with Crippen LogP contribution < -0.4 is 0 Å². The molecule has 0 aromatic heterocycles. The zero-order chi connectivity index (χ0) is 15.2. The minimum Gasteiger partial charge on any atom is -0.457 e. The number of ether oxygens (including phenoxy) is 2. The minimum absolute atomic E-state index is 0.324. The zero-order valence-corrected chi connectivity index (χ0v) is 14.4. The molecule has 0 aromatic rings. The summed E-state index contributed by atoms with van der Waals surface area (Å²) in [5.41, 5.74) is 0. The Morgan fingerprint density at radius 2 is 0.952 bits per heavy atom. The molecule has 0 radical (unpaired) electrons. The highest BCUT2D eigenvalue weighted by molar-refractivity contribution is 4.83. The molecule has 124 valence electrons. The van der Waals surface area contributed by atoms with Gasteiger partial charge in [-0.25, -0.2) is 0 Å². The molecule has 0 fully saturated rings. The van der Waals surface area contributed by atoms with E-state index in [-0.39, 0.29) is 5.79 Å². The van der Waals surface area contributed by atoms with Crippen LogP contribution in [0.3, 0.4) is 0 Å². The van der Waals surface area contributed by atoms with E-state index in [4.69, 9.17) is 9.47 Å². The average molecular weight is 296 g/mol. The first kappa shape index (κ1) is 18.4. The maximum atomic E-state index is 5.79. The van der Waals surface area contributed by atoms with Crippen LogP contribution in [0.2, 0.25) is 0 Å². The predicted molar refractivity (Wildman–Crippen MR) is 90.0 cm³/mol. The second-order valence-electron chi connectivity index (χ2n) is 6.45. The summed E-state index contributed by atoms with van der Waals surface area (Å²) in [5, 5.41) is 0. The lowest BCUT2D eigenvalue weighted by atomic mass is 9.99. The van der Waals surface area contributed by atoms with Crippen molar-refractivity contribution in [3.8, 4) is 0 Å².